The maximum Gasteiger partial charge on any atom is 0.485 e. The third kappa shape index (κ3) is 4.71. The first kappa shape index (κ1) is 5.71. The molecular weight excluding hydrogens is 182 g/mol. The number of hydrogen-bond acceptors (Lipinski definition) is 2. The molecule has 1 N–H and O–H groups in total. The lowest BCUT2D eigenvalue weighted by atomic mass is 10.4. The maximum absolute atomic E-state index is 7.71. The second kappa shape index (κ2) is 4.71. The van der Waals surface area contributed by atoms with Gasteiger partial charge in [-0.1, -0.05) is 22.6 Å². The zero-order chi connectivity index (χ0) is 4.12. The van der Waals surface area contributed by atoms with Crippen molar-refractivity contribution in [1.82, 2.24) is 0 Å². The second-order valence-corrected chi connectivity index (χ2v) is 1.00. The van der Waals surface area contributed by atoms with Crippen LogP contribution in [0.25, 0.3) is 0 Å². The Bertz CT molecular complexity index is 17.1. The van der Waals surface area contributed by atoms with E-state index in [4.69, 9.17) is 5.02 Å². The van der Waals surface area contributed by atoms with E-state index in [0.717, 1.165) is 0 Å². The van der Waals surface area contributed by atoms with Gasteiger partial charge in [-0.05, 0) is 0 Å². The molecule has 0 aliphatic rings. The van der Waals surface area contributed by atoms with Crippen molar-refractivity contribution in [3.05, 3.63) is 0 Å². The lowest BCUT2D eigenvalue weighted by Gasteiger charge is -1.80. The highest BCUT2D eigenvalue weighted by atomic mass is 127. The van der Waals surface area contributed by atoms with E-state index in [2.05, 4.69) is 4.65 Å². The topological polar surface area (TPSA) is 29.5 Å². The van der Waals surface area contributed by atoms with Crippen LogP contribution in [-0.4, -0.2) is 17.3 Å². The molecule has 0 aliphatic heterocycles. The van der Waals surface area contributed by atoms with Crippen LogP contribution in [0.4, 0.5) is 0 Å². The number of alkyl halides is 1. The molecule has 1 radical (unpaired) electrons. The van der Waals surface area contributed by atoms with Crippen molar-refractivity contribution in [3.63, 3.8) is 0 Å². The normalized spacial score (nSPS) is 7.60. The lowest BCUT2D eigenvalue weighted by molar-refractivity contribution is 0.352. The largest absolute Gasteiger partial charge is 0.485 e. The number of rotatable bonds is 2. The number of halogens is 1. The van der Waals surface area contributed by atoms with Gasteiger partial charge < -0.3 is 9.68 Å². The molecule has 0 saturated heterocycles. The Labute approximate surface area is 45.0 Å². The van der Waals surface area contributed by atoms with Gasteiger partial charge in [-0.3, -0.25) is 0 Å². The van der Waals surface area contributed by atoms with Gasteiger partial charge >= 0.3 is 7.69 Å². The van der Waals surface area contributed by atoms with Crippen LogP contribution in [0, 0.1) is 0 Å². The molecule has 0 heterocycles. The predicted molar refractivity (Wildman–Crippen MR) is 27.9 cm³/mol. The molecular formula is CH3BIO2. The van der Waals surface area contributed by atoms with Crippen molar-refractivity contribution in [1.29, 1.82) is 0 Å². The lowest BCUT2D eigenvalue weighted by Crippen LogP contribution is -1.91. The molecule has 0 aromatic heterocycles. The highest BCUT2D eigenvalue weighted by molar-refractivity contribution is 14.1. The summed E-state index contributed by atoms with van der Waals surface area (Å²) in [5, 5.41) is 7.71. The van der Waals surface area contributed by atoms with Gasteiger partial charge in [-0.2, -0.15) is 0 Å². The molecule has 5 heavy (non-hydrogen) atoms. The van der Waals surface area contributed by atoms with E-state index in [0.29, 0.717) is 12.3 Å². The standard InChI is InChI=1S/CH3BIO2/c3-1-5-2-4/h4H,1H2. The Morgan fingerprint density at radius 1 is 2.00 bits per heavy atom. The van der Waals surface area contributed by atoms with Crippen LogP contribution in [0.3, 0.4) is 0 Å². The van der Waals surface area contributed by atoms with Crippen LogP contribution in [0.1, 0.15) is 0 Å². The van der Waals surface area contributed by atoms with Crippen molar-refractivity contribution < 1.29 is 9.68 Å². The van der Waals surface area contributed by atoms with Gasteiger partial charge in [0.05, 0.1) is 4.61 Å². The number of hydrogen-bond donors (Lipinski definition) is 1. The Morgan fingerprint density at radius 3 is 2.60 bits per heavy atom. The molecule has 0 atom stereocenters. The summed E-state index contributed by atoms with van der Waals surface area (Å²) >= 11 is 1.97. The molecule has 0 spiro atoms. The van der Waals surface area contributed by atoms with E-state index >= 15 is 0 Å². The van der Waals surface area contributed by atoms with Crippen molar-refractivity contribution in [2.24, 2.45) is 0 Å². The minimum atomic E-state index is 0.508. The van der Waals surface area contributed by atoms with Gasteiger partial charge in [-0.25, -0.2) is 0 Å². The van der Waals surface area contributed by atoms with Crippen LogP contribution in [0.2, 0.25) is 0 Å². The zero-order valence-electron chi connectivity index (χ0n) is 2.52. The Kier molecular flexibility index (Phi) is 5.39. The molecule has 0 bridgehead atoms. The summed E-state index contributed by atoms with van der Waals surface area (Å²) in [6.07, 6.45) is 0. The summed E-state index contributed by atoms with van der Waals surface area (Å²) in [5.74, 6) is 0. The maximum atomic E-state index is 7.71. The molecule has 0 aromatic carbocycles. The molecule has 2 nitrogen and oxygen atoms in total. The summed E-state index contributed by atoms with van der Waals surface area (Å²) in [4.78, 5) is 0. The van der Waals surface area contributed by atoms with Gasteiger partial charge in [-0.15, -0.1) is 0 Å². The van der Waals surface area contributed by atoms with E-state index in [-0.39, 0.29) is 0 Å². The van der Waals surface area contributed by atoms with Crippen molar-refractivity contribution >= 4 is 30.3 Å². The summed E-state index contributed by atoms with van der Waals surface area (Å²) in [6, 6.07) is 0. The second-order valence-electron chi connectivity index (χ2n) is 0.381. The fraction of sp³-hybridized carbons (Fsp3) is 1.00. The van der Waals surface area contributed by atoms with Crippen LogP contribution >= 0.6 is 22.6 Å². The molecule has 0 unspecified atom stereocenters. The SMILES string of the molecule is O[B]OCI. The Morgan fingerprint density at radius 2 is 2.60 bits per heavy atom. The van der Waals surface area contributed by atoms with E-state index in [9.17, 15) is 0 Å². The van der Waals surface area contributed by atoms with Crippen molar-refractivity contribution in [3.8, 4) is 0 Å². The molecule has 0 rings (SSSR count). The molecule has 0 aromatic rings. The van der Waals surface area contributed by atoms with E-state index in [1.807, 2.05) is 22.6 Å². The van der Waals surface area contributed by atoms with Gasteiger partial charge in [0.1, 0.15) is 0 Å². The first-order valence-corrected chi connectivity index (χ1v) is 2.58. The van der Waals surface area contributed by atoms with Crippen molar-refractivity contribution in [2.45, 2.75) is 0 Å². The third-order valence-electron chi connectivity index (χ3n) is 0.138. The van der Waals surface area contributed by atoms with Crippen LogP contribution in [0.15, 0.2) is 0 Å². The molecule has 0 aliphatic carbocycles. The monoisotopic (exact) mass is 185 g/mol. The fourth-order valence-electron chi connectivity index (χ4n) is 0.0282. The van der Waals surface area contributed by atoms with Crippen molar-refractivity contribution in [2.75, 3.05) is 4.61 Å². The summed E-state index contributed by atoms with van der Waals surface area (Å²) < 4.78 is 4.76. The highest BCUT2D eigenvalue weighted by Gasteiger charge is 1.75. The Hall–Kier alpha value is 0.715. The fourth-order valence-corrected chi connectivity index (χ4v) is 0.189. The average molecular weight is 185 g/mol. The van der Waals surface area contributed by atoms with E-state index in [1.165, 1.54) is 0 Å². The van der Waals surface area contributed by atoms with E-state index < -0.39 is 0 Å². The van der Waals surface area contributed by atoms with Gasteiger partial charge in [0.2, 0.25) is 0 Å². The minimum absolute atomic E-state index is 0.508. The van der Waals surface area contributed by atoms with Crippen LogP contribution in [0.5, 0.6) is 0 Å². The van der Waals surface area contributed by atoms with Crippen LogP contribution < -0.4 is 0 Å². The predicted octanol–water partition coefficient (Wildman–Crippen LogP) is -0.0780. The van der Waals surface area contributed by atoms with Gasteiger partial charge in [0.15, 0.2) is 0 Å². The Balaban J connectivity index is 2.19. The molecule has 0 amide bonds. The summed E-state index contributed by atoms with van der Waals surface area (Å²) in [5.41, 5.74) is 0. The molecule has 0 fully saturated rings. The summed E-state index contributed by atoms with van der Waals surface area (Å²) in [7, 11) is 0.673. The van der Waals surface area contributed by atoms with E-state index in [1.54, 1.807) is 0 Å². The summed E-state index contributed by atoms with van der Waals surface area (Å²) in [6.45, 7) is 0. The molecule has 0 saturated carbocycles. The highest BCUT2D eigenvalue weighted by Crippen LogP contribution is 1.76. The average Bonchev–Trinajstić information content (AvgIpc) is 1.41. The van der Waals surface area contributed by atoms with Gasteiger partial charge in [0, 0.05) is 0 Å². The quantitative estimate of drug-likeness (QED) is 0.370. The van der Waals surface area contributed by atoms with Crippen LogP contribution in [-0.2, 0) is 4.65 Å². The molecule has 4 heteroatoms. The smallest absolute Gasteiger partial charge is 0.429 e. The zero-order valence-corrected chi connectivity index (χ0v) is 4.68. The third-order valence-corrected chi connectivity index (χ3v) is 0.497. The minimum Gasteiger partial charge on any atom is -0.429 e. The van der Waals surface area contributed by atoms with Gasteiger partial charge in [0.25, 0.3) is 0 Å². The first-order chi connectivity index (χ1) is 2.41. The molecule has 29 valence electrons. The first-order valence-electron chi connectivity index (χ1n) is 1.05.